The van der Waals surface area contributed by atoms with Crippen molar-refractivity contribution in [2.24, 2.45) is 0 Å². The van der Waals surface area contributed by atoms with Crippen molar-refractivity contribution >= 4 is 21.4 Å². The average molecular weight is 329 g/mol. The van der Waals surface area contributed by atoms with Crippen LogP contribution in [-0.4, -0.2) is 9.38 Å². The van der Waals surface area contributed by atoms with Gasteiger partial charge in [-0.3, -0.25) is 4.40 Å². The molecule has 0 unspecified atom stereocenters. The molecule has 0 aliphatic carbocycles. The first-order valence-corrected chi connectivity index (χ1v) is 7.50. The highest BCUT2D eigenvalue weighted by Crippen LogP contribution is 2.33. The van der Waals surface area contributed by atoms with E-state index in [4.69, 9.17) is 4.98 Å². The molecule has 2 heterocycles. The second-order valence-corrected chi connectivity index (χ2v) is 6.07. The summed E-state index contributed by atoms with van der Waals surface area (Å²) in [6, 6.07) is 8.40. The lowest BCUT2D eigenvalue weighted by atomic mass is 9.94. The third kappa shape index (κ3) is 1.88. The van der Waals surface area contributed by atoms with Crippen molar-refractivity contribution in [2.45, 2.75) is 27.7 Å². The van der Waals surface area contributed by atoms with Crippen molar-refractivity contribution in [1.29, 1.82) is 0 Å². The predicted octanol–water partition coefficient (Wildman–Crippen LogP) is 5.00. The number of hydrogen-bond donors (Lipinski definition) is 0. The van der Waals surface area contributed by atoms with Crippen LogP contribution in [-0.2, 0) is 0 Å². The van der Waals surface area contributed by atoms with Crippen LogP contribution in [0.25, 0.3) is 16.9 Å². The SMILES string of the molecule is Cc1cc(C)c(C)c(-c2nc(Br)c3ccccn23)c1C. The highest BCUT2D eigenvalue weighted by atomic mass is 79.9. The fourth-order valence-electron chi connectivity index (χ4n) is 2.73. The number of hydrogen-bond acceptors (Lipinski definition) is 1. The molecule has 0 saturated carbocycles. The third-order valence-electron chi connectivity index (χ3n) is 4.09. The smallest absolute Gasteiger partial charge is 0.146 e. The molecule has 0 amide bonds. The highest BCUT2D eigenvalue weighted by molar-refractivity contribution is 9.10. The van der Waals surface area contributed by atoms with Gasteiger partial charge in [0.15, 0.2) is 0 Å². The van der Waals surface area contributed by atoms with Gasteiger partial charge in [0.2, 0.25) is 0 Å². The lowest BCUT2D eigenvalue weighted by Crippen LogP contribution is -1.98. The zero-order chi connectivity index (χ0) is 14.4. The molecule has 0 atom stereocenters. The molecule has 0 radical (unpaired) electrons. The predicted molar refractivity (Wildman–Crippen MR) is 87.3 cm³/mol. The molecule has 3 rings (SSSR count). The summed E-state index contributed by atoms with van der Waals surface area (Å²) in [7, 11) is 0. The van der Waals surface area contributed by atoms with Gasteiger partial charge in [0.05, 0.1) is 5.52 Å². The van der Waals surface area contributed by atoms with Crippen molar-refractivity contribution in [1.82, 2.24) is 9.38 Å². The number of nitrogens with zero attached hydrogens (tertiary/aromatic N) is 2. The Labute approximate surface area is 127 Å². The Morgan fingerprint density at radius 1 is 1.00 bits per heavy atom. The van der Waals surface area contributed by atoms with Gasteiger partial charge in [-0.05, 0) is 78.0 Å². The van der Waals surface area contributed by atoms with E-state index in [0.29, 0.717) is 0 Å². The van der Waals surface area contributed by atoms with Crippen LogP contribution in [0.1, 0.15) is 22.3 Å². The summed E-state index contributed by atoms with van der Waals surface area (Å²) in [6.45, 7) is 8.68. The molecule has 3 heteroatoms. The number of fused-ring (bicyclic) bond motifs is 1. The van der Waals surface area contributed by atoms with Crippen molar-refractivity contribution in [3.63, 3.8) is 0 Å². The van der Waals surface area contributed by atoms with Crippen LogP contribution in [0.4, 0.5) is 0 Å². The quantitative estimate of drug-likeness (QED) is 0.614. The summed E-state index contributed by atoms with van der Waals surface area (Å²) < 4.78 is 3.05. The van der Waals surface area contributed by atoms with Crippen LogP contribution in [0.15, 0.2) is 35.1 Å². The molecule has 1 aromatic carbocycles. The first-order chi connectivity index (χ1) is 9.50. The van der Waals surface area contributed by atoms with E-state index in [0.717, 1.165) is 15.9 Å². The number of rotatable bonds is 1. The van der Waals surface area contributed by atoms with E-state index >= 15 is 0 Å². The zero-order valence-electron chi connectivity index (χ0n) is 12.2. The van der Waals surface area contributed by atoms with Gasteiger partial charge in [-0.15, -0.1) is 0 Å². The van der Waals surface area contributed by atoms with Crippen molar-refractivity contribution in [3.05, 3.63) is 57.3 Å². The number of aromatic nitrogens is 2. The second kappa shape index (κ2) is 4.74. The Morgan fingerprint density at radius 2 is 1.65 bits per heavy atom. The van der Waals surface area contributed by atoms with Crippen LogP contribution < -0.4 is 0 Å². The van der Waals surface area contributed by atoms with E-state index in [1.165, 1.54) is 27.8 Å². The summed E-state index contributed by atoms with van der Waals surface area (Å²) in [4.78, 5) is 4.74. The maximum Gasteiger partial charge on any atom is 0.146 e. The maximum atomic E-state index is 4.74. The summed E-state index contributed by atoms with van der Waals surface area (Å²) in [5.41, 5.74) is 7.57. The number of benzene rings is 1. The molecule has 0 aliphatic rings. The monoisotopic (exact) mass is 328 g/mol. The van der Waals surface area contributed by atoms with Crippen molar-refractivity contribution in [3.8, 4) is 11.4 Å². The Kier molecular flexibility index (Phi) is 3.17. The minimum absolute atomic E-state index is 0.894. The van der Waals surface area contributed by atoms with Gasteiger partial charge >= 0.3 is 0 Å². The van der Waals surface area contributed by atoms with Gasteiger partial charge < -0.3 is 0 Å². The van der Waals surface area contributed by atoms with Gasteiger partial charge in [-0.2, -0.15) is 0 Å². The molecule has 102 valence electrons. The van der Waals surface area contributed by atoms with E-state index in [1.807, 2.05) is 12.1 Å². The summed E-state index contributed by atoms with van der Waals surface area (Å²) in [5.74, 6) is 1.01. The van der Waals surface area contributed by atoms with Crippen LogP contribution >= 0.6 is 15.9 Å². The lowest BCUT2D eigenvalue weighted by Gasteiger charge is -2.14. The Morgan fingerprint density at radius 3 is 2.30 bits per heavy atom. The van der Waals surface area contributed by atoms with E-state index in [-0.39, 0.29) is 0 Å². The van der Waals surface area contributed by atoms with Gasteiger partial charge in [-0.1, -0.05) is 12.1 Å². The Balaban J connectivity index is 2.43. The van der Waals surface area contributed by atoms with Crippen LogP contribution in [0, 0.1) is 27.7 Å². The fourth-order valence-corrected chi connectivity index (χ4v) is 3.22. The second-order valence-electron chi connectivity index (χ2n) is 5.32. The topological polar surface area (TPSA) is 17.3 Å². The number of imidazole rings is 1. The third-order valence-corrected chi connectivity index (χ3v) is 4.68. The lowest BCUT2D eigenvalue weighted by molar-refractivity contribution is 1.13. The number of halogens is 1. The Bertz CT molecular complexity index is 789. The molecule has 3 aromatic rings. The molecule has 20 heavy (non-hydrogen) atoms. The molecule has 2 aromatic heterocycles. The van der Waals surface area contributed by atoms with E-state index in [9.17, 15) is 0 Å². The minimum Gasteiger partial charge on any atom is -0.299 e. The summed E-state index contributed by atoms with van der Waals surface area (Å²) in [5, 5.41) is 0. The first kappa shape index (κ1) is 13.4. The molecule has 0 bridgehead atoms. The molecule has 2 nitrogen and oxygen atoms in total. The molecule has 0 spiro atoms. The number of aryl methyl sites for hydroxylation is 2. The zero-order valence-corrected chi connectivity index (χ0v) is 13.7. The minimum atomic E-state index is 0.894. The largest absolute Gasteiger partial charge is 0.299 e. The van der Waals surface area contributed by atoms with E-state index in [1.54, 1.807) is 0 Å². The molecular weight excluding hydrogens is 312 g/mol. The molecule has 0 fully saturated rings. The number of pyridine rings is 1. The van der Waals surface area contributed by atoms with Crippen LogP contribution in [0.5, 0.6) is 0 Å². The highest BCUT2D eigenvalue weighted by Gasteiger charge is 2.16. The van der Waals surface area contributed by atoms with Crippen molar-refractivity contribution < 1.29 is 0 Å². The van der Waals surface area contributed by atoms with Gasteiger partial charge in [-0.25, -0.2) is 4.98 Å². The first-order valence-electron chi connectivity index (χ1n) is 6.71. The molecular formula is C17H17BrN2. The van der Waals surface area contributed by atoms with Gasteiger partial charge in [0.25, 0.3) is 0 Å². The standard InChI is InChI=1S/C17H17BrN2/c1-10-9-11(2)13(4)15(12(10)3)17-19-16(18)14-7-5-6-8-20(14)17/h5-9H,1-4H3. The summed E-state index contributed by atoms with van der Waals surface area (Å²) in [6.07, 6.45) is 2.07. The molecule has 0 saturated heterocycles. The van der Waals surface area contributed by atoms with Gasteiger partial charge in [0, 0.05) is 11.8 Å². The van der Waals surface area contributed by atoms with E-state index < -0.39 is 0 Å². The summed E-state index contributed by atoms with van der Waals surface area (Å²) >= 11 is 3.57. The molecule has 0 N–H and O–H groups in total. The van der Waals surface area contributed by atoms with Crippen LogP contribution in [0.3, 0.4) is 0 Å². The fraction of sp³-hybridized carbons (Fsp3) is 0.235. The normalized spacial score (nSPS) is 11.2. The maximum absolute atomic E-state index is 4.74. The van der Waals surface area contributed by atoms with E-state index in [2.05, 4.69) is 66.4 Å². The average Bonchev–Trinajstić information content (AvgIpc) is 2.75. The Hall–Kier alpha value is -1.61. The van der Waals surface area contributed by atoms with Crippen LogP contribution in [0.2, 0.25) is 0 Å². The molecule has 0 aliphatic heterocycles. The van der Waals surface area contributed by atoms with Gasteiger partial charge in [0.1, 0.15) is 10.4 Å². The van der Waals surface area contributed by atoms with Crippen molar-refractivity contribution in [2.75, 3.05) is 0 Å².